The Kier molecular flexibility index (Phi) is 10.7. The quantitative estimate of drug-likeness (QED) is 0.0711. The fourth-order valence-electron chi connectivity index (χ4n) is 6.71. The molecule has 1 aliphatic carbocycles. The molecular formula is C39H40Cl2N14O3. The van der Waals surface area contributed by atoms with Gasteiger partial charge in [-0.2, -0.15) is 20.2 Å². The van der Waals surface area contributed by atoms with Gasteiger partial charge in [0.2, 0.25) is 17.8 Å². The second-order valence-electron chi connectivity index (χ2n) is 13.9. The average Bonchev–Trinajstić information content (AvgIpc) is 4.03. The fraction of sp³-hybridized carbons (Fsp3) is 0.256. The number of anilines is 5. The number of hydrogen-bond donors (Lipinski definition) is 6. The summed E-state index contributed by atoms with van der Waals surface area (Å²) in [6.45, 7) is 2.40. The van der Waals surface area contributed by atoms with Crippen LogP contribution < -0.4 is 26.0 Å². The van der Waals surface area contributed by atoms with Crippen LogP contribution in [0.3, 0.4) is 0 Å². The third-order valence-electron chi connectivity index (χ3n) is 9.82. The lowest BCUT2D eigenvalue weighted by Gasteiger charge is -2.16. The predicted molar refractivity (Wildman–Crippen MR) is 225 cm³/mol. The molecule has 6 N–H and O–H groups in total. The van der Waals surface area contributed by atoms with E-state index in [4.69, 9.17) is 32.9 Å². The van der Waals surface area contributed by atoms with Gasteiger partial charge in [0.15, 0.2) is 11.6 Å². The molecule has 1 aliphatic rings. The molecule has 0 saturated carbocycles. The normalized spacial score (nSPS) is 13.4. The summed E-state index contributed by atoms with van der Waals surface area (Å²) in [6, 6.07) is 12.8. The van der Waals surface area contributed by atoms with E-state index in [1.165, 1.54) is 0 Å². The number of fused-ring (bicyclic) bond motifs is 2. The number of aliphatic hydroxyl groups excluding tert-OH is 1. The highest BCUT2D eigenvalue weighted by Gasteiger charge is 2.19. The zero-order valence-electron chi connectivity index (χ0n) is 32.0. The van der Waals surface area contributed by atoms with Gasteiger partial charge in [0.1, 0.15) is 5.75 Å². The fourth-order valence-corrected chi connectivity index (χ4v) is 7.23. The van der Waals surface area contributed by atoms with Gasteiger partial charge >= 0.3 is 0 Å². The maximum Gasteiger partial charge on any atom is 0.239 e. The van der Waals surface area contributed by atoms with E-state index >= 15 is 0 Å². The number of H-pyrrole nitrogens is 1. The molecule has 7 aromatic rings. The molecule has 58 heavy (non-hydrogen) atoms. The van der Waals surface area contributed by atoms with E-state index < -0.39 is 0 Å². The second kappa shape index (κ2) is 16.2. The first-order valence-electron chi connectivity index (χ1n) is 18.4. The Balaban J connectivity index is 0.870. The van der Waals surface area contributed by atoms with Gasteiger partial charge in [0.25, 0.3) is 0 Å². The molecule has 0 bridgehead atoms. The van der Waals surface area contributed by atoms with Crippen molar-refractivity contribution < 1.29 is 14.6 Å². The molecule has 0 fully saturated rings. The van der Waals surface area contributed by atoms with Crippen LogP contribution in [0.1, 0.15) is 25.6 Å². The number of halogens is 2. The van der Waals surface area contributed by atoms with Crippen LogP contribution in [0.2, 0.25) is 10.0 Å². The van der Waals surface area contributed by atoms with Gasteiger partial charge in [0, 0.05) is 36.5 Å². The van der Waals surface area contributed by atoms with Crippen molar-refractivity contribution in [1.29, 1.82) is 0 Å². The third kappa shape index (κ3) is 7.78. The van der Waals surface area contributed by atoms with Crippen molar-refractivity contribution >= 4 is 85.4 Å². The van der Waals surface area contributed by atoms with Crippen LogP contribution in [0.15, 0.2) is 72.6 Å². The summed E-state index contributed by atoms with van der Waals surface area (Å²) < 4.78 is 10.8. The summed E-state index contributed by atoms with van der Waals surface area (Å²) >= 11 is 13.5. The van der Waals surface area contributed by atoms with Crippen LogP contribution in [-0.4, -0.2) is 86.8 Å². The Hall–Kier alpha value is -6.43. The van der Waals surface area contributed by atoms with Crippen molar-refractivity contribution in [1.82, 2.24) is 54.8 Å². The van der Waals surface area contributed by atoms with Crippen LogP contribution in [-0.2, 0) is 25.4 Å². The number of aromatic nitrogens is 10. The van der Waals surface area contributed by atoms with E-state index in [-0.39, 0.29) is 25.1 Å². The van der Waals surface area contributed by atoms with E-state index in [0.717, 1.165) is 51.4 Å². The van der Waals surface area contributed by atoms with Crippen molar-refractivity contribution in [3.8, 4) is 17.1 Å². The van der Waals surface area contributed by atoms with Gasteiger partial charge in [0.05, 0.1) is 77.3 Å². The highest BCUT2D eigenvalue weighted by Crippen LogP contribution is 2.35. The number of hydrogen-bond acceptors (Lipinski definition) is 12. The minimum Gasteiger partial charge on any atom is -0.495 e. The Labute approximate surface area is 342 Å². The number of rotatable bonds is 14. The van der Waals surface area contributed by atoms with E-state index in [0.29, 0.717) is 62.9 Å². The summed E-state index contributed by atoms with van der Waals surface area (Å²) in [4.78, 5) is 22.4. The van der Waals surface area contributed by atoms with Crippen LogP contribution in [0, 0.1) is 0 Å². The van der Waals surface area contributed by atoms with Gasteiger partial charge in [-0.3, -0.25) is 14.6 Å². The monoisotopic (exact) mass is 822 g/mol. The molecule has 0 saturated heterocycles. The highest BCUT2D eigenvalue weighted by molar-refractivity contribution is 6.38. The first kappa shape index (κ1) is 38.4. The van der Waals surface area contributed by atoms with Gasteiger partial charge in [-0.1, -0.05) is 35.4 Å². The molecule has 1 atom stereocenters. The molecule has 0 aliphatic heterocycles. The lowest BCUT2D eigenvalue weighted by Crippen LogP contribution is -2.39. The number of aromatic amines is 1. The Morgan fingerprint density at radius 2 is 1.62 bits per heavy atom. The van der Waals surface area contributed by atoms with E-state index in [1.807, 2.05) is 73.3 Å². The number of aliphatic hydroxyl groups is 1. The number of nitrogens with zero attached hydrogens (tertiary/aromatic N) is 9. The highest BCUT2D eigenvalue weighted by atomic mass is 35.5. The smallest absolute Gasteiger partial charge is 0.239 e. The zero-order chi connectivity index (χ0) is 40.5. The number of aryl methyl sites for hydroxylation is 2. The van der Waals surface area contributed by atoms with E-state index in [2.05, 4.69) is 51.7 Å². The van der Waals surface area contributed by atoms with Crippen molar-refractivity contribution in [2.75, 3.05) is 36.2 Å². The van der Waals surface area contributed by atoms with Crippen LogP contribution >= 0.6 is 23.2 Å². The standard InChI is InChI=1S/C39H40Cl2N14O3/c1-21(19-55-31-14-13-30(35(41)26(31)17-44-55)47-38-48-36(51-53(38)2)23-7-5-22(20-56)6-8-23)45-33(57)18-42-28-10-9-24(15-32(28)58-4)37-49-39(54(3)52-37)46-29-12-11-27-25(34(29)40)16-43-50-27/h5,7,9-17,21,42,56H,6,8,18-20H2,1-4H3,(H,43,50)(H,45,57)(H,46,49,52)(H,47,48,51). The largest absolute Gasteiger partial charge is 0.495 e. The van der Waals surface area contributed by atoms with E-state index in [9.17, 15) is 9.90 Å². The predicted octanol–water partition coefficient (Wildman–Crippen LogP) is 6.35. The van der Waals surface area contributed by atoms with Crippen molar-refractivity contribution in [3.05, 3.63) is 88.5 Å². The minimum atomic E-state index is -0.248. The number of nitrogens with one attached hydrogen (secondary N) is 5. The van der Waals surface area contributed by atoms with Gasteiger partial charge in [-0.05, 0) is 73.4 Å². The molecule has 19 heteroatoms. The Bertz CT molecular complexity index is 2730. The summed E-state index contributed by atoms with van der Waals surface area (Å²) in [5.41, 5.74) is 6.34. The molecule has 17 nitrogen and oxygen atoms in total. The van der Waals surface area contributed by atoms with Crippen LogP contribution in [0.25, 0.3) is 38.8 Å². The average molecular weight is 824 g/mol. The van der Waals surface area contributed by atoms with Gasteiger partial charge < -0.3 is 31.1 Å². The molecular weight excluding hydrogens is 783 g/mol. The van der Waals surface area contributed by atoms with Gasteiger partial charge in [-0.15, -0.1) is 10.2 Å². The van der Waals surface area contributed by atoms with Crippen molar-refractivity contribution in [2.45, 2.75) is 32.4 Å². The Morgan fingerprint density at radius 3 is 2.34 bits per heavy atom. The summed E-state index contributed by atoms with van der Waals surface area (Å²) in [6.07, 6.45) is 8.80. The first-order chi connectivity index (χ1) is 28.1. The number of carbonyl (C=O) groups is 1. The lowest BCUT2D eigenvalue weighted by atomic mass is 9.98. The zero-order valence-corrected chi connectivity index (χ0v) is 33.5. The summed E-state index contributed by atoms with van der Waals surface area (Å²) in [7, 11) is 5.17. The summed E-state index contributed by atoms with van der Waals surface area (Å²) in [5.74, 6) is 2.46. The number of benzene rings is 3. The number of amides is 1. The molecule has 298 valence electrons. The van der Waals surface area contributed by atoms with Crippen LogP contribution in [0.4, 0.5) is 29.0 Å². The maximum absolute atomic E-state index is 13.1. The first-order valence-corrected chi connectivity index (χ1v) is 19.2. The minimum absolute atomic E-state index is 0.0138. The third-order valence-corrected chi connectivity index (χ3v) is 10.6. The molecule has 8 rings (SSSR count). The van der Waals surface area contributed by atoms with Crippen molar-refractivity contribution in [3.63, 3.8) is 0 Å². The molecule has 0 spiro atoms. The molecule has 1 unspecified atom stereocenters. The summed E-state index contributed by atoms with van der Waals surface area (Å²) in [5, 5.41) is 45.4. The topological polar surface area (TPSA) is 203 Å². The molecule has 4 heterocycles. The molecule has 0 radical (unpaired) electrons. The number of allylic oxidation sites excluding steroid dienone is 3. The molecule has 3 aromatic carbocycles. The SMILES string of the molecule is COc1cc(-c2nc(Nc3ccc4[nH]ncc4c3Cl)n(C)n2)ccc1NCC(=O)NC(C)Cn1ncc2c(Cl)c(Nc3nc(C4=CC=C(CO)CC4)nn3C)ccc21. The number of methoxy groups -OCH3 is 1. The molecule has 1 amide bonds. The van der Waals surface area contributed by atoms with E-state index in [1.54, 1.807) is 35.9 Å². The number of carbonyl (C=O) groups excluding carboxylic acids is 1. The van der Waals surface area contributed by atoms with Crippen LogP contribution in [0.5, 0.6) is 5.75 Å². The molecule has 4 aromatic heterocycles. The number of ether oxygens (including phenoxy) is 1. The second-order valence-corrected chi connectivity index (χ2v) is 14.6. The Morgan fingerprint density at radius 1 is 0.914 bits per heavy atom. The lowest BCUT2D eigenvalue weighted by molar-refractivity contribution is -0.120. The maximum atomic E-state index is 13.1. The van der Waals surface area contributed by atoms with Gasteiger partial charge in [-0.25, -0.2) is 9.36 Å². The van der Waals surface area contributed by atoms with Crippen molar-refractivity contribution in [2.24, 2.45) is 14.1 Å².